The van der Waals surface area contributed by atoms with Crippen LogP contribution in [0.3, 0.4) is 0 Å². The average molecular weight is 282 g/mol. The van der Waals surface area contributed by atoms with Crippen LogP contribution in [0.5, 0.6) is 0 Å². The highest BCUT2D eigenvalue weighted by Crippen LogP contribution is 2.26. The van der Waals surface area contributed by atoms with Crippen LogP contribution in [0.1, 0.15) is 18.3 Å². The van der Waals surface area contributed by atoms with E-state index in [2.05, 4.69) is 15.5 Å². The van der Waals surface area contributed by atoms with Crippen molar-refractivity contribution in [1.82, 2.24) is 15.1 Å². The molecule has 0 saturated carbocycles. The van der Waals surface area contributed by atoms with E-state index < -0.39 is 11.6 Å². The Morgan fingerprint density at radius 1 is 1.50 bits per heavy atom. The summed E-state index contributed by atoms with van der Waals surface area (Å²) in [7, 11) is 0. The van der Waals surface area contributed by atoms with E-state index in [1.807, 2.05) is 6.92 Å². The summed E-state index contributed by atoms with van der Waals surface area (Å²) in [6, 6.07) is -0.242. The first-order chi connectivity index (χ1) is 9.31. The zero-order chi connectivity index (χ0) is 14.9. The number of likely N-dealkylation sites (tertiary alicyclic amines) is 1. The number of hydrogen-bond donors (Lipinski definition) is 3. The molecule has 1 aromatic rings. The maximum Gasteiger partial charge on any atom is 0.329 e. The minimum absolute atomic E-state index is 0.242. The lowest BCUT2D eigenvalue weighted by Gasteiger charge is -2.46. The number of aliphatic carboxylic acids is 1. The molecule has 0 bridgehead atoms. The van der Waals surface area contributed by atoms with Gasteiger partial charge in [-0.05, 0) is 20.8 Å². The summed E-state index contributed by atoms with van der Waals surface area (Å²) in [4.78, 5) is 24.0. The number of carboxylic acids is 1. The zero-order valence-corrected chi connectivity index (χ0v) is 11.7. The van der Waals surface area contributed by atoms with Crippen molar-refractivity contribution >= 4 is 17.7 Å². The van der Waals surface area contributed by atoms with Gasteiger partial charge in [0.2, 0.25) is 0 Å². The number of hydrogen-bond acceptors (Lipinski definition) is 4. The third-order valence-corrected chi connectivity index (χ3v) is 3.24. The highest BCUT2D eigenvalue weighted by molar-refractivity contribution is 5.91. The minimum Gasteiger partial charge on any atom is -0.480 e. The van der Waals surface area contributed by atoms with Crippen LogP contribution in [0.4, 0.5) is 10.5 Å². The number of urea groups is 1. The van der Waals surface area contributed by atoms with Crippen molar-refractivity contribution in [3.63, 3.8) is 0 Å². The number of rotatable bonds is 4. The van der Waals surface area contributed by atoms with Gasteiger partial charge >= 0.3 is 12.0 Å². The normalized spacial score (nSPS) is 16.6. The van der Waals surface area contributed by atoms with Crippen molar-refractivity contribution in [3.8, 4) is 0 Å². The second-order valence-corrected chi connectivity index (χ2v) is 5.23. The summed E-state index contributed by atoms with van der Waals surface area (Å²) < 4.78 is 5.25. The predicted molar refractivity (Wildman–Crippen MR) is 70.6 cm³/mol. The Hall–Kier alpha value is -2.09. The molecule has 110 valence electrons. The zero-order valence-electron chi connectivity index (χ0n) is 11.7. The third-order valence-electron chi connectivity index (χ3n) is 3.24. The van der Waals surface area contributed by atoms with Gasteiger partial charge in [-0.2, -0.15) is 5.10 Å². The molecule has 0 atom stereocenters. The van der Waals surface area contributed by atoms with E-state index in [1.54, 1.807) is 18.7 Å². The topological polar surface area (TPSA) is 108 Å². The summed E-state index contributed by atoms with van der Waals surface area (Å²) >= 11 is 0. The van der Waals surface area contributed by atoms with Crippen molar-refractivity contribution in [2.75, 3.05) is 25.0 Å². The number of nitrogens with zero attached hydrogens (tertiary/aromatic N) is 2. The van der Waals surface area contributed by atoms with Gasteiger partial charge in [-0.3, -0.25) is 5.10 Å². The maximum absolute atomic E-state index is 12.0. The first-order valence-electron chi connectivity index (χ1n) is 6.24. The second-order valence-electron chi connectivity index (χ2n) is 5.23. The second kappa shape index (κ2) is 5.12. The summed E-state index contributed by atoms with van der Waals surface area (Å²) in [5, 5.41) is 18.2. The summed E-state index contributed by atoms with van der Waals surface area (Å²) in [6.07, 6.45) is 0. The Labute approximate surface area is 116 Å². The van der Waals surface area contributed by atoms with E-state index in [4.69, 9.17) is 9.84 Å². The number of anilines is 1. The van der Waals surface area contributed by atoms with Crippen molar-refractivity contribution in [2.45, 2.75) is 26.4 Å². The number of H-pyrrole nitrogens is 1. The molecule has 1 aliphatic rings. The summed E-state index contributed by atoms with van der Waals surface area (Å²) in [5.74, 6) is -1.02. The average Bonchev–Trinajstić information content (AvgIpc) is 2.64. The van der Waals surface area contributed by atoms with E-state index in [9.17, 15) is 9.59 Å². The van der Waals surface area contributed by atoms with E-state index in [-0.39, 0.29) is 12.6 Å². The molecule has 0 aromatic carbocycles. The largest absolute Gasteiger partial charge is 0.480 e. The van der Waals surface area contributed by atoms with Gasteiger partial charge in [0.25, 0.3) is 0 Å². The molecule has 2 rings (SSSR count). The standard InChI is InChI=1S/C12H18N4O4/c1-7-10(8(2)15-14-7)13-11(19)16-5-12(3,6-16)20-4-9(17)18/h4-6H2,1-3H3,(H,13,19)(H,14,15)(H,17,18). The van der Waals surface area contributed by atoms with Gasteiger partial charge in [0.1, 0.15) is 12.2 Å². The van der Waals surface area contributed by atoms with Gasteiger partial charge in [0, 0.05) is 0 Å². The minimum atomic E-state index is -1.02. The van der Waals surface area contributed by atoms with Crippen molar-refractivity contribution in [3.05, 3.63) is 11.4 Å². The first kappa shape index (κ1) is 14.3. The molecule has 0 spiro atoms. The Kier molecular flexibility index (Phi) is 3.67. The molecule has 1 aromatic heterocycles. The summed E-state index contributed by atoms with van der Waals surface area (Å²) in [6.45, 7) is 5.78. The van der Waals surface area contributed by atoms with Crippen LogP contribution in [0.15, 0.2) is 0 Å². The number of nitrogens with one attached hydrogen (secondary N) is 2. The molecule has 2 amide bonds. The lowest BCUT2D eigenvalue weighted by Crippen LogP contribution is -2.64. The van der Waals surface area contributed by atoms with Crippen LogP contribution >= 0.6 is 0 Å². The van der Waals surface area contributed by atoms with Gasteiger partial charge in [0.15, 0.2) is 0 Å². The Morgan fingerprint density at radius 2 is 2.15 bits per heavy atom. The highest BCUT2D eigenvalue weighted by atomic mass is 16.5. The van der Waals surface area contributed by atoms with Gasteiger partial charge in [-0.15, -0.1) is 0 Å². The fourth-order valence-electron chi connectivity index (χ4n) is 2.15. The van der Waals surface area contributed by atoms with Crippen molar-refractivity contribution < 1.29 is 19.4 Å². The lowest BCUT2D eigenvalue weighted by molar-refractivity contribution is -0.159. The van der Waals surface area contributed by atoms with Crippen LogP contribution in [0.25, 0.3) is 0 Å². The van der Waals surface area contributed by atoms with Crippen molar-refractivity contribution in [2.24, 2.45) is 0 Å². The molecule has 1 saturated heterocycles. The fourth-order valence-corrected chi connectivity index (χ4v) is 2.15. The van der Waals surface area contributed by atoms with E-state index in [0.29, 0.717) is 18.8 Å². The molecule has 8 nitrogen and oxygen atoms in total. The maximum atomic E-state index is 12.0. The number of aryl methyl sites for hydroxylation is 2. The highest BCUT2D eigenvalue weighted by Gasteiger charge is 2.43. The Balaban J connectivity index is 1.86. The molecule has 3 N–H and O–H groups in total. The molecule has 0 radical (unpaired) electrons. The predicted octanol–water partition coefficient (Wildman–Crippen LogP) is 0.734. The van der Waals surface area contributed by atoms with Gasteiger partial charge in [0.05, 0.1) is 30.2 Å². The lowest BCUT2D eigenvalue weighted by atomic mass is 9.97. The summed E-state index contributed by atoms with van der Waals surface area (Å²) in [5.41, 5.74) is 1.61. The Bertz CT molecular complexity index is 514. The molecule has 8 heteroatoms. The number of amides is 2. The first-order valence-corrected chi connectivity index (χ1v) is 6.24. The molecule has 0 unspecified atom stereocenters. The van der Waals surface area contributed by atoms with Crippen LogP contribution in [-0.2, 0) is 9.53 Å². The fraction of sp³-hybridized carbons (Fsp3) is 0.583. The monoisotopic (exact) mass is 282 g/mol. The third kappa shape index (κ3) is 2.90. The molecular weight excluding hydrogens is 264 g/mol. The van der Waals surface area contributed by atoms with E-state index >= 15 is 0 Å². The van der Waals surface area contributed by atoms with Gasteiger partial charge < -0.3 is 20.1 Å². The molecule has 1 fully saturated rings. The molecule has 20 heavy (non-hydrogen) atoms. The van der Waals surface area contributed by atoms with Gasteiger partial charge in [-0.25, -0.2) is 9.59 Å². The smallest absolute Gasteiger partial charge is 0.329 e. The number of carbonyl (C=O) groups excluding carboxylic acids is 1. The number of carbonyl (C=O) groups is 2. The van der Waals surface area contributed by atoms with Crippen LogP contribution in [0, 0.1) is 13.8 Å². The molecular formula is C12H18N4O4. The number of ether oxygens (including phenoxy) is 1. The molecule has 1 aliphatic heterocycles. The van der Waals surface area contributed by atoms with E-state index in [1.165, 1.54) is 0 Å². The van der Waals surface area contributed by atoms with Gasteiger partial charge in [-0.1, -0.05) is 0 Å². The Morgan fingerprint density at radius 3 is 2.65 bits per heavy atom. The number of carboxylic acid groups (broad SMARTS) is 1. The quantitative estimate of drug-likeness (QED) is 0.754. The van der Waals surface area contributed by atoms with Crippen molar-refractivity contribution in [1.29, 1.82) is 0 Å². The number of aromatic amines is 1. The van der Waals surface area contributed by atoms with Crippen LogP contribution in [-0.4, -0.2) is 57.5 Å². The SMILES string of the molecule is Cc1n[nH]c(C)c1NC(=O)N1CC(C)(OCC(=O)O)C1. The van der Waals surface area contributed by atoms with Crippen LogP contribution < -0.4 is 5.32 Å². The van der Waals surface area contributed by atoms with Crippen LogP contribution in [0.2, 0.25) is 0 Å². The molecule has 0 aliphatic carbocycles. The number of aromatic nitrogens is 2. The molecule has 2 heterocycles. The van der Waals surface area contributed by atoms with E-state index in [0.717, 1.165) is 11.4 Å².